The van der Waals surface area contributed by atoms with Crippen molar-refractivity contribution in [3.05, 3.63) is 0 Å². The van der Waals surface area contributed by atoms with Gasteiger partial charge in [0.05, 0.1) is 0 Å². The van der Waals surface area contributed by atoms with Gasteiger partial charge in [0.1, 0.15) is 0 Å². The van der Waals surface area contributed by atoms with Crippen LogP contribution < -0.4 is 16.6 Å². The van der Waals surface area contributed by atoms with Gasteiger partial charge in [-0.05, 0) is 20.9 Å². The zero-order valence-electron chi connectivity index (χ0n) is 8.96. The molecule has 5 nitrogen and oxygen atoms in total. The maximum Gasteiger partial charge on any atom is 0.205 e. The molecule has 4 N–H and O–H groups in total. The van der Waals surface area contributed by atoms with E-state index in [-0.39, 0.29) is 0 Å². The van der Waals surface area contributed by atoms with E-state index in [0.717, 1.165) is 13.1 Å². The van der Waals surface area contributed by atoms with Crippen LogP contribution >= 0.6 is 0 Å². The third-order valence-electron chi connectivity index (χ3n) is 2.00. The van der Waals surface area contributed by atoms with E-state index < -0.39 is 0 Å². The SMILES string of the molecule is CN=C(NN)NCCN(C)C(C)C. The second-order valence-corrected chi connectivity index (χ2v) is 3.22. The number of nitrogens with one attached hydrogen (secondary N) is 2. The van der Waals surface area contributed by atoms with E-state index in [2.05, 4.69) is 41.5 Å². The van der Waals surface area contributed by atoms with Crippen LogP contribution in [0.3, 0.4) is 0 Å². The van der Waals surface area contributed by atoms with Crippen LogP contribution in [0.2, 0.25) is 0 Å². The standard InChI is InChI=1S/C8H21N5/c1-7(2)13(4)6-5-11-8(10-3)12-9/h7H,5-6,9H2,1-4H3,(H2,10,11,12). The average molecular weight is 187 g/mol. The minimum absolute atomic E-state index is 0.564. The molecule has 0 aromatic heterocycles. The zero-order chi connectivity index (χ0) is 10.3. The number of rotatable bonds is 4. The van der Waals surface area contributed by atoms with Gasteiger partial charge in [-0.2, -0.15) is 0 Å². The number of nitrogens with zero attached hydrogens (tertiary/aromatic N) is 2. The molecule has 0 saturated carbocycles. The van der Waals surface area contributed by atoms with Gasteiger partial charge in [-0.3, -0.25) is 10.4 Å². The molecule has 0 aliphatic heterocycles. The summed E-state index contributed by atoms with van der Waals surface area (Å²) in [4.78, 5) is 6.15. The van der Waals surface area contributed by atoms with E-state index in [1.165, 1.54) is 0 Å². The number of hydrogen-bond donors (Lipinski definition) is 3. The van der Waals surface area contributed by atoms with Gasteiger partial charge in [-0.25, -0.2) is 5.84 Å². The Balaban J connectivity index is 3.55. The molecule has 0 unspecified atom stereocenters. The van der Waals surface area contributed by atoms with Crippen LogP contribution in [0, 0.1) is 0 Å². The van der Waals surface area contributed by atoms with Crippen molar-refractivity contribution in [2.24, 2.45) is 10.8 Å². The number of likely N-dealkylation sites (N-methyl/N-ethyl adjacent to an activating group) is 1. The molecule has 0 heterocycles. The number of aliphatic imine (C=N–C) groups is 1. The van der Waals surface area contributed by atoms with Crippen molar-refractivity contribution in [3.8, 4) is 0 Å². The molecule has 5 heteroatoms. The van der Waals surface area contributed by atoms with Crippen LogP contribution in [0.1, 0.15) is 13.8 Å². The predicted octanol–water partition coefficient (Wildman–Crippen LogP) is -0.635. The molecular formula is C8H21N5. The van der Waals surface area contributed by atoms with Gasteiger partial charge in [0.25, 0.3) is 0 Å². The lowest BCUT2D eigenvalue weighted by molar-refractivity contribution is 0.278. The minimum atomic E-state index is 0.564. The summed E-state index contributed by atoms with van der Waals surface area (Å²) < 4.78 is 0. The number of nitrogens with two attached hydrogens (primary N) is 1. The van der Waals surface area contributed by atoms with E-state index in [4.69, 9.17) is 5.84 Å². The van der Waals surface area contributed by atoms with Crippen molar-refractivity contribution in [1.29, 1.82) is 0 Å². The Morgan fingerprint density at radius 2 is 2.15 bits per heavy atom. The molecule has 0 spiro atoms. The average Bonchev–Trinajstić information content (AvgIpc) is 2.12. The fourth-order valence-corrected chi connectivity index (χ4v) is 0.803. The highest BCUT2D eigenvalue weighted by atomic mass is 15.3. The van der Waals surface area contributed by atoms with E-state index in [0.29, 0.717) is 12.0 Å². The molecule has 0 aromatic carbocycles. The summed E-state index contributed by atoms with van der Waals surface area (Å²) in [6.45, 7) is 6.13. The third kappa shape index (κ3) is 5.43. The molecule has 0 rings (SSSR count). The second kappa shape index (κ2) is 6.68. The maximum absolute atomic E-state index is 5.20. The summed E-state index contributed by atoms with van der Waals surface area (Å²) in [5, 5.41) is 3.08. The summed E-state index contributed by atoms with van der Waals surface area (Å²) in [5.41, 5.74) is 2.48. The Kier molecular flexibility index (Phi) is 6.26. The highest BCUT2D eigenvalue weighted by Gasteiger charge is 2.01. The third-order valence-corrected chi connectivity index (χ3v) is 2.00. The molecule has 0 fully saturated rings. The van der Waals surface area contributed by atoms with Crippen LogP contribution in [0.15, 0.2) is 4.99 Å². The molecule has 0 aliphatic carbocycles. The van der Waals surface area contributed by atoms with Crippen LogP contribution in [0.5, 0.6) is 0 Å². The Bertz CT molecular complexity index is 155. The van der Waals surface area contributed by atoms with Gasteiger partial charge in [-0.15, -0.1) is 0 Å². The molecule has 0 atom stereocenters. The second-order valence-electron chi connectivity index (χ2n) is 3.22. The molecule has 0 saturated heterocycles. The van der Waals surface area contributed by atoms with Crippen LogP contribution in [0.4, 0.5) is 0 Å². The number of hydrazine groups is 1. The first-order chi connectivity index (χ1) is 6.11. The Hall–Kier alpha value is -0.810. The predicted molar refractivity (Wildman–Crippen MR) is 56.5 cm³/mol. The largest absolute Gasteiger partial charge is 0.354 e. The molecule has 0 bridgehead atoms. The van der Waals surface area contributed by atoms with E-state index in [9.17, 15) is 0 Å². The first-order valence-corrected chi connectivity index (χ1v) is 4.49. The molecule has 0 aromatic rings. The van der Waals surface area contributed by atoms with Crippen molar-refractivity contribution in [2.75, 3.05) is 27.2 Å². The first kappa shape index (κ1) is 12.2. The van der Waals surface area contributed by atoms with Crippen LogP contribution in [-0.4, -0.2) is 44.1 Å². The topological polar surface area (TPSA) is 65.7 Å². The zero-order valence-corrected chi connectivity index (χ0v) is 8.96. The van der Waals surface area contributed by atoms with Crippen LogP contribution in [0.25, 0.3) is 0 Å². The van der Waals surface area contributed by atoms with Crippen molar-refractivity contribution in [2.45, 2.75) is 19.9 Å². The quantitative estimate of drug-likeness (QED) is 0.237. The normalized spacial score (nSPS) is 12.4. The summed E-state index contributed by atoms with van der Waals surface area (Å²) in [5.74, 6) is 5.83. The molecular weight excluding hydrogens is 166 g/mol. The molecule has 0 aliphatic rings. The van der Waals surface area contributed by atoms with E-state index in [1.807, 2.05) is 0 Å². The summed E-state index contributed by atoms with van der Waals surface area (Å²) >= 11 is 0. The van der Waals surface area contributed by atoms with E-state index in [1.54, 1.807) is 7.05 Å². The molecule has 13 heavy (non-hydrogen) atoms. The molecule has 0 amide bonds. The fraction of sp³-hybridized carbons (Fsp3) is 0.875. The molecule has 0 radical (unpaired) electrons. The maximum atomic E-state index is 5.20. The lowest BCUT2D eigenvalue weighted by Crippen LogP contribution is -2.44. The van der Waals surface area contributed by atoms with Crippen LogP contribution in [-0.2, 0) is 0 Å². The van der Waals surface area contributed by atoms with Crippen molar-refractivity contribution >= 4 is 5.96 Å². The lowest BCUT2D eigenvalue weighted by atomic mass is 10.3. The Morgan fingerprint density at radius 3 is 2.54 bits per heavy atom. The highest BCUT2D eigenvalue weighted by molar-refractivity contribution is 5.78. The Labute approximate surface area is 80.4 Å². The van der Waals surface area contributed by atoms with Gasteiger partial charge in [-0.1, -0.05) is 0 Å². The fourth-order valence-electron chi connectivity index (χ4n) is 0.803. The summed E-state index contributed by atoms with van der Waals surface area (Å²) in [7, 11) is 3.78. The van der Waals surface area contributed by atoms with E-state index >= 15 is 0 Å². The minimum Gasteiger partial charge on any atom is -0.354 e. The summed E-state index contributed by atoms with van der Waals surface area (Å²) in [6, 6.07) is 0.564. The van der Waals surface area contributed by atoms with Gasteiger partial charge < -0.3 is 10.2 Å². The lowest BCUT2D eigenvalue weighted by Gasteiger charge is -2.21. The monoisotopic (exact) mass is 187 g/mol. The van der Waals surface area contributed by atoms with Gasteiger partial charge >= 0.3 is 0 Å². The highest BCUT2D eigenvalue weighted by Crippen LogP contribution is 1.90. The smallest absolute Gasteiger partial charge is 0.205 e. The number of guanidine groups is 1. The van der Waals surface area contributed by atoms with Crippen molar-refractivity contribution in [3.63, 3.8) is 0 Å². The van der Waals surface area contributed by atoms with Crippen molar-refractivity contribution in [1.82, 2.24) is 15.6 Å². The van der Waals surface area contributed by atoms with Gasteiger partial charge in [0.2, 0.25) is 5.96 Å². The van der Waals surface area contributed by atoms with Crippen molar-refractivity contribution < 1.29 is 0 Å². The molecule has 78 valence electrons. The Morgan fingerprint density at radius 1 is 1.54 bits per heavy atom. The van der Waals surface area contributed by atoms with Gasteiger partial charge in [0.15, 0.2) is 0 Å². The van der Waals surface area contributed by atoms with Gasteiger partial charge in [0, 0.05) is 26.2 Å². The first-order valence-electron chi connectivity index (χ1n) is 4.49. The number of hydrogen-bond acceptors (Lipinski definition) is 3. The summed E-state index contributed by atoms with van der Waals surface area (Å²) in [6.07, 6.45) is 0.